The molecule has 124 valence electrons. The van der Waals surface area contributed by atoms with Crippen LogP contribution < -0.4 is 5.32 Å². The lowest BCUT2D eigenvalue weighted by molar-refractivity contribution is 0.0997. The number of fused-ring (bicyclic) bond motifs is 1. The van der Waals surface area contributed by atoms with Crippen molar-refractivity contribution in [2.75, 3.05) is 5.32 Å². The molecule has 0 saturated heterocycles. The maximum Gasteiger partial charge on any atom is 0.293 e. The first-order valence-corrected chi connectivity index (χ1v) is 8.89. The van der Waals surface area contributed by atoms with Crippen LogP contribution in [0.1, 0.15) is 10.6 Å². The zero-order valence-corrected chi connectivity index (χ0v) is 15.0. The van der Waals surface area contributed by atoms with E-state index in [1.54, 1.807) is 30.3 Å². The average Bonchev–Trinajstić information content (AvgIpc) is 3.22. The van der Waals surface area contributed by atoms with Crippen molar-refractivity contribution in [1.29, 1.82) is 0 Å². The molecule has 2 aromatic heterocycles. The highest BCUT2D eigenvalue weighted by atomic mass is 35.5. The van der Waals surface area contributed by atoms with Gasteiger partial charge in [-0.25, -0.2) is 4.98 Å². The van der Waals surface area contributed by atoms with Gasteiger partial charge < -0.3 is 4.42 Å². The SMILES string of the molecule is O=C(Nc1nc2c(Cl)cccc2s1)c1ccc(-c2cccc(Cl)c2)o1. The standard InChI is InChI=1S/C18H10Cl2N2O2S/c19-11-4-1-3-10(9-11)13-7-8-14(24-13)17(23)22-18-21-16-12(20)5-2-6-15(16)25-18/h1-9H,(H,21,22,23). The van der Waals surface area contributed by atoms with Gasteiger partial charge in [0, 0.05) is 10.6 Å². The fourth-order valence-corrected chi connectivity index (χ4v) is 3.73. The number of para-hydroxylation sites is 1. The van der Waals surface area contributed by atoms with Crippen molar-refractivity contribution in [3.63, 3.8) is 0 Å². The molecule has 0 unspecified atom stereocenters. The van der Waals surface area contributed by atoms with Crippen LogP contribution in [0.2, 0.25) is 10.0 Å². The molecule has 0 fully saturated rings. The predicted octanol–water partition coefficient (Wildman–Crippen LogP) is 6.12. The monoisotopic (exact) mass is 388 g/mol. The molecular weight excluding hydrogens is 379 g/mol. The Balaban J connectivity index is 1.58. The predicted molar refractivity (Wildman–Crippen MR) is 102 cm³/mol. The Kier molecular flexibility index (Phi) is 4.21. The van der Waals surface area contributed by atoms with E-state index in [-0.39, 0.29) is 11.7 Å². The Morgan fingerprint density at radius 1 is 1.08 bits per heavy atom. The smallest absolute Gasteiger partial charge is 0.293 e. The number of carbonyl (C=O) groups is 1. The minimum atomic E-state index is -0.372. The van der Waals surface area contributed by atoms with Crippen molar-refractivity contribution < 1.29 is 9.21 Å². The molecule has 2 heterocycles. The molecule has 0 aliphatic carbocycles. The highest BCUT2D eigenvalue weighted by molar-refractivity contribution is 7.22. The normalized spacial score (nSPS) is 11.0. The average molecular weight is 389 g/mol. The summed E-state index contributed by atoms with van der Waals surface area (Å²) in [5, 5.41) is 4.36. The minimum absolute atomic E-state index is 0.195. The van der Waals surface area contributed by atoms with Gasteiger partial charge in [0.15, 0.2) is 10.9 Å². The van der Waals surface area contributed by atoms with Crippen LogP contribution in [0, 0.1) is 0 Å². The van der Waals surface area contributed by atoms with Gasteiger partial charge in [-0.05, 0) is 36.4 Å². The van der Waals surface area contributed by atoms with Crippen LogP contribution in [-0.2, 0) is 0 Å². The van der Waals surface area contributed by atoms with Crippen molar-refractivity contribution in [2.45, 2.75) is 0 Å². The number of carbonyl (C=O) groups excluding carboxylic acids is 1. The number of furan rings is 1. The zero-order chi connectivity index (χ0) is 17.4. The van der Waals surface area contributed by atoms with Crippen molar-refractivity contribution in [1.82, 2.24) is 4.98 Å². The van der Waals surface area contributed by atoms with Crippen LogP contribution in [0.3, 0.4) is 0 Å². The number of nitrogens with zero attached hydrogens (tertiary/aromatic N) is 1. The largest absolute Gasteiger partial charge is 0.451 e. The van der Waals surface area contributed by atoms with Gasteiger partial charge in [0.05, 0.1) is 9.72 Å². The molecule has 0 radical (unpaired) electrons. The number of nitrogens with one attached hydrogen (secondary N) is 1. The Bertz CT molecular complexity index is 1090. The van der Waals surface area contributed by atoms with Crippen LogP contribution in [0.15, 0.2) is 59.0 Å². The summed E-state index contributed by atoms with van der Waals surface area (Å²) < 4.78 is 6.54. The van der Waals surface area contributed by atoms with E-state index in [2.05, 4.69) is 10.3 Å². The third kappa shape index (κ3) is 3.26. The van der Waals surface area contributed by atoms with Crippen molar-refractivity contribution in [3.8, 4) is 11.3 Å². The third-order valence-electron chi connectivity index (χ3n) is 3.53. The van der Waals surface area contributed by atoms with Gasteiger partial charge in [0.2, 0.25) is 0 Å². The lowest BCUT2D eigenvalue weighted by Gasteiger charge is -1.99. The van der Waals surface area contributed by atoms with Crippen LogP contribution in [0.5, 0.6) is 0 Å². The molecule has 0 bridgehead atoms. The molecule has 0 saturated carbocycles. The summed E-state index contributed by atoms with van der Waals surface area (Å²) in [4.78, 5) is 16.7. The lowest BCUT2D eigenvalue weighted by atomic mass is 10.2. The summed E-state index contributed by atoms with van der Waals surface area (Å²) in [5.74, 6) is 0.392. The van der Waals surface area contributed by atoms with Gasteiger partial charge in [-0.1, -0.05) is 52.7 Å². The maximum absolute atomic E-state index is 12.4. The number of hydrogen-bond acceptors (Lipinski definition) is 4. The fourth-order valence-electron chi connectivity index (χ4n) is 2.38. The number of amides is 1. The third-order valence-corrected chi connectivity index (χ3v) is 5.01. The summed E-state index contributed by atoms with van der Waals surface area (Å²) in [6.45, 7) is 0. The first-order valence-electron chi connectivity index (χ1n) is 7.32. The fraction of sp³-hybridized carbons (Fsp3) is 0. The van der Waals surface area contributed by atoms with E-state index >= 15 is 0 Å². The van der Waals surface area contributed by atoms with Gasteiger partial charge in [-0.3, -0.25) is 10.1 Å². The zero-order valence-electron chi connectivity index (χ0n) is 12.6. The summed E-state index contributed by atoms with van der Waals surface area (Å²) in [7, 11) is 0. The second kappa shape index (κ2) is 6.52. The molecule has 4 nitrogen and oxygen atoms in total. The molecule has 25 heavy (non-hydrogen) atoms. The summed E-state index contributed by atoms with van der Waals surface area (Å²) in [6.07, 6.45) is 0. The Morgan fingerprint density at radius 2 is 1.92 bits per heavy atom. The van der Waals surface area contributed by atoms with Crippen molar-refractivity contribution >= 4 is 55.8 Å². The van der Waals surface area contributed by atoms with E-state index in [1.807, 2.05) is 24.3 Å². The van der Waals surface area contributed by atoms with E-state index < -0.39 is 0 Å². The lowest BCUT2D eigenvalue weighted by Crippen LogP contribution is -2.10. The second-order valence-corrected chi connectivity index (χ2v) is 7.11. The van der Waals surface area contributed by atoms with Crippen molar-refractivity contribution in [2.24, 2.45) is 0 Å². The number of rotatable bonds is 3. The van der Waals surface area contributed by atoms with E-state index in [0.717, 1.165) is 10.3 Å². The van der Waals surface area contributed by atoms with Crippen LogP contribution >= 0.6 is 34.5 Å². The van der Waals surface area contributed by atoms with Crippen molar-refractivity contribution in [3.05, 3.63) is 70.4 Å². The number of aromatic nitrogens is 1. The first kappa shape index (κ1) is 16.1. The second-order valence-electron chi connectivity index (χ2n) is 5.23. The molecule has 0 atom stereocenters. The van der Waals surface area contributed by atoms with Gasteiger partial charge in [-0.15, -0.1) is 0 Å². The van der Waals surface area contributed by atoms with E-state index in [4.69, 9.17) is 27.6 Å². The number of thiazole rings is 1. The summed E-state index contributed by atoms with van der Waals surface area (Å²) >= 11 is 13.4. The molecule has 1 amide bonds. The minimum Gasteiger partial charge on any atom is -0.451 e. The Hall–Kier alpha value is -2.34. The highest BCUT2D eigenvalue weighted by Gasteiger charge is 2.15. The van der Waals surface area contributed by atoms with Gasteiger partial charge in [0.1, 0.15) is 11.3 Å². The molecule has 1 N–H and O–H groups in total. The van der Waals surface area contributed by atoms with Crippen LogP contribution in [0.4, 0.5) is 5.13 Å². The number of anilines is 1. The topological polar surface area (TPSA) is 55.1 Å². The number of hydrogen-bond donors (Lipinski definition) is 1. The molecule has 0 aliphatic rings. The van der Waals surface area contributed by atoms with E-state index in [0.29, 0.717) is 26.5 Å². The summed E-state index contributed by atoms with van der Waals surface area (Å²) in [6, 6.07) is 16.1. The number of benzene rings is 2. The van der Waals surface area contributed by atoms with E-state index in [1.165, 1.54) is 11.3 Å². The van der Waals surface area contributed by atoms with Gasteiger partial charge in [0.25, 0.3) is 5.91 Å². The molecule has 0 aliphatic heterocycles. The van der Waals surface area contributed by atoms with Crippen LogP contribution in [0.25, 0.3) is 21.5 Å². The molecule has 2 aromatic carbocycles. The van der Waals surface area contributed by atoms with Gasteiger partial charge >= 0.3 is 0 Å². The summed E-state index contributed by atoms with van der Waals surface area (Å²) in [5.41, 5.74) is 1.47. The molecule has 4 aromatic rings. The Labute approximate surface area is 157 Å². The molecule has 7 heteroatoms. The Morgan fingerprint density at radius 3 is 2.72 bits per heavy atom. The maximum atomic E-state index is 12.4. The van der Waals surface area contributed by atoms with Crippen LogP contribution in [-0.4, -0.2) is 10.9 Å². The molecular formula is C18H10Cl2N2O2S. The molecule has 4 rings (SSSR count). The molecule has 0 spiro atoms. The van der Waals surface area contributed by atoms with E-state index in [9.17, 15) is 4.79 Å². The quantitative estimate of drug-likeness (QED) is 0.460. The number of halogens is 2. The first-order chi connectivity index (χ1) is 12.1. The highest BCUT2D eigenvalue weighted by Crippen LogP contribution is 2.31. The van der Waals surface area contributed by atoms with Gasteiger partial charge in [-0.2, -0.15) is 0 Å².